The molecule has 0 aliphatic rings. The van der Waals surface area contributed by atoms with E-state index in [1.165, 1.54) is 231 Å². The Morgan fingerprint density at radius 1 is 0.294 bits per heavy atom. The predicted octanol–water partition coefficient (Wildman–Crippen LogP) is 21.6. The summed E-state index contributed by atoms with van der Waals surface area (Å²) in [5, 5.41) is 5.31. The summed E-state index contributed by atoms with van der Waals surface area (Å²) >= 11 is 7.59. The molecule has 0 saturated carbocycles. The van der Waals surface area contributed by atoms with Crippen molar-refractivity contribution < 1.29 is 0 Å². The number of fused-ring (bicyclic) bond motifs is 6. The van der Waals surface area contributed by atoms with Crippen molar-refractivity contribution >= 4 is 75.5 Å². The van der Waals surface area contributed by atoms with E-state index in [4.69, 9.17) is 0 Å². The molecule has 0 aliphatic heterocycles. The summed E-state index contributed by atoms with van der Waals surface area (Å²) in [6.07, 6.45) is 35.6. The number of nitrogens with zero attached hydrogens (tertiary/aromatic N) is 2. The SMILES string of the molecule is CCCCCCCCCCCCCCc1ccc2c(c1)c1ccc(Br)cc1n2-c1ccc(-c2ccc(-n3c4ccc(CCCCCCCCCCCCCC)cc4c4ccc(Br)cc43)cc2)cc1. The Morgan fingerprint density at radius 3 is 0.956 bits per heavy atom. The Labute approximate surface area is 426 Å². The van der Waals surface area contributed by atoms with E-state index in [9.17, 15) is 0 Å². The number of hydrogen-bond acceptors (Lipinski definition) is 0. The van der Waals surface area contributed by atoms with Gasteiger partial charge in [0, 0.05) is 41.9 Å². The molecule has 0 N–H and O–H groups in total. The van der Waals surface area contributed by atoms with Crippen LogP contribution in [0.15, 0.2) is 130 Å². The van der Waals surface area contributed by atoms with Crippen LogP contribution in [0.2, 0.25) is 0 Å². The molecular weight excluding hydrogens is 957 g/mol. The van der Waals surface area contributed by atoms with Gasteiger partial charge in [-0.1, -0.05) is 235 Å². The standard InChI is InChI=1S/C64H78Br2N2/c1-3-5-7-9-11-13-15-17-19-21-23-25-27-49-29-43-61-59(45-49)57-41-35-53(65)47-63(57)67(61)55-37-31-51(32-38-55)52-33-39-56(40-34-52)68-62-44-30-50(46-60(62)58-42-36-54(66)48-64(58)68)28-26-24-22-20-18-16-14-12-10-8-6-4-2/h29-48H,3-28H2,1-2H3. The lowest BCUT2D eigenvalue weighted by molar-refractivity contribution is 0.544. The first kappa shape index (κ1) is 50.3. The van der Waals surface area contributed by atoms with E-state index >= 15 is 0 Å². The fourth-order valence-electron chi connectivity index (χ4n) is 10.9. The van der Waals surface area contributed by atoms with Gasteiger partial charge in [-0.05, 0) is 121 Å². The van der Waals surface area contributed by atoms with E-state index < -0.39 is 0 Å². The molecule has 8 aromatic rings. The first-order valence-corrected chi connectivity index (χ1v) is 28.8. The lowest BCUT2D eigenvalue weighted by atomic mass is 10.0. The van der Waals surface area contributed by atoms with Crippen molar-refractivity contribution in [3.8, 4) is 22.5 Å². The van der Waals surface area contributed by atoms with Crippen LogP contribution in [-0.4, -0.2) is 9.13 Å². The highest BCUT2D eigenvalue weighted by atomic mass is 79.9. The summed E-state index contributed by atoms with van der Waals surface area (Å²) in [5.41, 5.74) is 12.7. The molecule has 2 nitrogen and oxygen atoms in total. The van der Waals surface area contributed by atoms with Crippen LogP contribution >= 0.6 is 31.9 Å². The lowest BCUT2D eigenvalue weighted by Gasteiger charge is -2.12. The first-order valence-electron chi connectivity index (χ1n) is 27.2. The Balaban J connectivity index is 0.903. The minimum Gasteiger partial charge on any atom is -0.309 e. The zero-order valence-corrected chi connectivity index (χ0v) is 44.8. The number of unbranched alkanes of at least 4 members (excludes halogenated alkanes) is 22. The smallest absolute Gasteiger partial charge is 0.0552 e. The average molecular weight is 1040 g/mol. The Kier molecular flexibility index (Phi) is 19.4. The van der Waals surface area contributed by atoms with Gasteiger partial charge in [-0.2, -0.15) is 0 Å². The fourth-order valence-corrected chi connectivity index (χ4v) is 11.6. The maximum atomic E-state index is 3.80. The lowest BCUT2D eigenvalue weighted by Crippen LogP contribution is -1.95. The van der Waals surface area contributed by atoms with Gasteiger partial charge in [0.15, 0.2) is 0 Å². The largest absolute Gasteiger partial charge is 0.309 e. The molecule has 2 aromatic heterocycles. The average Bonchev–Trinajstić information content (AvgIpc) is 3.85. The summed E-state index contributed by atoms with van der Waals surface area (Å²) in [4.78, 5) is 0. The third kappa shape index (κ3) is 13.2. The molecule has 0 fully saturated rings. The molecule has 0 spiro atoms. The van der Waals surface area contributed by atoms with Gasteiger partial charge >= 0.3 is 0 Å². The van der Waals surface area contributed by atoms with Crippen LogP contribution in [-0.2, 0) is 12.8 Å². The number of hydrogen-bond donors (Lipinski definition) is 0. The second-order valence-corrected chi connectivity index (χ2v) is 21.9. The zero-order valence-electron chi connectivity index (χ0n) is 41.6. The number of benzene rings is 6. The minimum absolute atomic E-state index is 1.10. The maximum absolute atomic E-state index is 3.80. The van der Waals surface area contributed by atoms with Crippen LogP contribution in [0, 0.1) is 0 Å². The molecule has 0 atom stereocenters. The fraction of sp³-hybridized carbons (Fsp3) is 0.438. The van der Waals surface area contributed by atoms with E-state index in [1.54, 1.807) is 0 Å². The van der Waals surface area contributed by atoms with E-state index in [0.717, 1.165) is 21.8 Å². The number of rotatable bonds is 29. The molecule has 68 heavy (non-hydrogen) atoms. The summed E-state index contributed by atoms with van der Waals surface area (Å²) < 4.78 is 7.10. The Hall–Kier alpha value is -4.12. The molecular formula is C64H78Br2N2. The molecule has 2 heterocycles. The van der Waals surface area contributed by atoms with Crippen LogP contribution in [0.3, 0.4) is 0 Å². The Morgan fingerprint density at radius 2 is 0.618 bits per heavy atom. The molecule has 0 unspecified atom stereocenters. The summed E-state index contributed by atoms with van der Waals surface area (Å²) in [6, 6.07) is 46.2. The van der Waals surface area contributed by atoms with Gasteiger partial charge in [-0.3, -0.25) is 0 Å². The van der Waals surface area contributed by atoms with Gasteiger partial charge in [0.2, 0.25) is 0 Å². The summed E-state index contributed by atoms with van der Waals surface area (Å²) in [6.45, 7) is 4.60. The van der Waals surface area contributed by atoms with Crippen LogP contribution in [0.4, 0.5) is 0 Å². The Bertz CT molecular complexity index is 2600. The number of aryl methyl sites for hydroxylation is 2. The second-order valence-electron chi connectivity index (χ2n) is 20.1. The van der Waals surface area contributed by atoms with Crippen molar-refractivity contribution in [2.45, 2.75) is 181 Å². The molecule has 8 rings (SSSR count). The summed E-state index contributed by atoms with van der Waals surface area (Å²) in [5.74, 6) is 0. The number of aromatic nitrogens is 2. The molecule has 0 radical (unpaired) electrons. The topological polar surface area (TPSA) is 9.86 Å². The van der Waals surface area contributed by atoms with Gasteiger partial charge in [0.05, 0.1) is 22.1 Å². The highest BCUT2D eigenvalue weighted by Crippen LogP contribution is 2.37. The molecule has 6 aromatic carbocycles. The van der Waals surface area contributed by atoms with Crippen LogP contribution < -0.4 is 0 Å². The molecule has 0 bridgehead atoms. The van der Waals surface area contributed by atoms with E-state index in [-0.39, 0.29) is 0 Å². The highest BCUT2D eigenvalue weighted by Gasteiger charge is 2.16. The van der Waals surface area contributed by atoms with Crippen molar-refractivity contribution in [2.24, 2.45) is 0 Å². The van der Waals surface area contributed by atoms with Crippen molar-refractivity contribution in [3.05, 3.63) is 141 Å². The quantitative estimate of drug-likeness (QED) is 0.0414. The van der Waals surface area contributed by atoms with E-state index in [1.807, 2.05) is 0 Å². The van der Waals surface area contributed by atoms with Gasteiger partial charge in [-0.15, -0.1) is 0 Å². The predicted molar refractivity (Wildman–Crippen MR) is 306 cm³/mol. The molecule has 4 heteroatoms. The molecule has 358 valence electrons. The molecule has 0 amide bonds. The monoisotopic (exact) mass is 1030 g/mol. The van der Waals surface area contributed by atoms with Crippen LogP contribution in [0.1, 0.15) is 179 Å². The van der Waals surface area contributed by atoms with E-state index in [0.29, 0.717) is 0 Å². The van der Waals surface area contributed by atoms with Gasteiger partial charge in [-0.25, -0.2) is 0 Å². The normalized spacial score (nSPS) is 11.9. The minimum atomic E-state index is 1.10. The van der Waals surface area contributed by atoms with Gasteiger partial charge in [0.1, 0.15) is 0 Å². The highest BCUT2D eigenvalue weighted by molar-refractivity contribution is 9.10. The third-order valence-electron chi connectivity index (χ3n) is 14.8. The third-order valence-corrected chi connectivity index (χ3v) is 15.8. The van der Waals surface area contributed by atoms with Crippen molar-refractivity contribution in [3.63, 3.8) is 0 Å². The summed E-state index contributed by atoms with van der Waals surface area (Å²) in [7, 11) is 0. The second kappa shape index (κ2) is 26.2. The maximum Gasteiger partial charge on any atom is 0.0552 e. The molecule has 0 aliphatic carbocycles. The first-order chi connectivity index (χ1) is 33.5. The molecule has 0 saturated heterocycles. The van der Waals surface area contributed by atoms with E-state index in [2.05, 4.69) is 176 Å². The van der Waals surface area contributed by atoms with Crippen molar-refractivity contribution in [1.29, 1.82) is 0 Å². The van der Waals surface area contributed by atoms with Crippen LogP contribution in [0.5, 0.6) is 0 Å². The van der Waals surface area contributed by atoms with Gasteiger partial charge in [0.25, 0.3) is 0 Å². The van der Waals surface area contributed by atoms with Crippen molar-refractivity contribution in [2.75, 3.05) is 0 Å². The zero-order chi connectivity index (χ0) is 46.9. The number of halogens is 2. The van der Waals surface area contributed by atoms with Crippen LogP contribution in [0.25, 0.3) is 66.1 Å². The van der Waals surface area contributed by atoms with Crippen molar-refractivity contribution in [1.82, 2.24) is 9.13 Å². The van der Waals surface area contributed by atoms with Gasteiger partial charge < -0.3 is 9.13 Å².